The minimum absolute atomic E-state index is 0.0477. The number of hydrogen-bond donors (Lipinski definition) is 3. The highest BCUT2D eigenvalue weighted by Crippen LogP contribution is 2.43. The molecular formula is C79H140N2O6P+. The molecule has 0 aliphatic rings. The molecule has 1 amide bonds. The summed E-state index contributed by atoms with van der Waals surface area (Å²) in [5.74, 6) is -0.195. The van der Waals surface area contributed by atoms with Gasteiger partial charge in [0, 0.05) is 6.42 Å². The topological polar surface area (TPSA) is 105 Å². The van der Waals surface area contributed by atoms with Gasteiger partial charge in [-0.05, 0) is 109 Å². The van der Waals surface area contributed by atoms with E-state index in [-0.39, 0.29) is 19.1 Å². The lowest BCUT2D eigenvalue weighted by Crippen LogP contribution is -2.45. The molecule has 3 unspecified atom stereocenters. The van der Waals surface area contributed by atoms with E-state index in [0.717, 1.165) is 96.3 Å². The van der Waals surface area contributed by atoms with Gasteiger partial charge >= 0.3 is 7.82 Å². The molecule has 0 aromatic rings. The molecule has 0 bridgehead atoms. The second-order valence-electron chi connectivity index (χ2n) is 25.6. The molecule has 0 aliphatic heterocycles. The first-order valence-corrected chi connectivity index (χ1v) is 38.1. The van der Waals surface area contributed by atoms with Crippen LogP contribution in [0.3, 0.4) is 0 Å². The molecule has 88 heavy (non-hydrogen) atoms. The Labute approximate surface area is 545 Å². The number of carbonyl (C=O) groups excluding carboxylic acids is 1. The minimum Gasteiger partial charge on any atom is -0.387 e. The number of nitrogens with zero attached hydrogens (tertiary/aromatic N) is 1. The number of quaternary nitrogens is 1. The molecule has 3 N–H and O–H groups in total. The second kappa shape index (κ2) is 68.0. The van der Waals surface area contributed by atoms with Crippen molar-refractivity contribution in [1.82, 2.24) is 5.32 Å². The highest BCUT2D eigenvalue weighted by atomic mass is 31.2. The molecule has 0 rings (SSSR count). The fourth-order valence-electron chi connectivity index (χ4n) is 10.2. The van der Waals surface area contributed by atoms with E-state index in [4.69, 9.17) is 9.05 Å². The molecular weight excluding hydrogens is 1100 g/mol. The third-order valence-electron chi connectivity index (χ3n) is 15.8. The average Bonchev–Trinajstić information content (AvgIpc) is 3.70. The van der Waals surface area contributed by atoms with Crippen LogP contribution in [0.15, 0.2) is 134 Å². The van der Waals surface area contributed by atoms with E-state index >= 15 is 0 Å². The summed E-state index contributed by atoms with van der Waals surface area (Å²) in [6.45, 7) is 4.69. The van der Waals surface area contributed by atoms with Gasteiger partial charge in [0.1, 0.15) is 13.2 Å². The highest BCUT2D eigenvalue weighted by Gasteiger charge is 2.28. The number of phosphoric ester groups is 1. The minimum atomic E-state index is -4.38. The Bertz CT molecular complexity index is 1900. The van der Waals surface area contributed by atoms with Crippen LogP contribution in [0, 0.1) is 0 Å². The number of likely N-dealkylation sites (N-methyl/N-ethyl adjacent to an activating group) is 1. The van der Waals surface area contributed by atoms with E-state index < -0.39 is 20.0 Å². The normalized spacial score (nSPS) is 14.4. The number of aliphatic hydroxyl groups excluding tert-OH is 1. The SMILES string of the molecule is CC/C=C\C/C=C\C/C=C\C/C=C\C/C=C\C/C=C\C/C=C\C/C=C\CCCCCCCCCCCCCCC(=O)NC(COP(=O)(O)OCC[N+](C)(C)C)C(O)/C=C/CC/C=C/CC/C=C/CCCCCCCCCCCCCCCCCCCCC. The Morgan fingerprint density at radius 2 is 0.693 bits per heavy atom. The number of aliphatic hydroxyl groups is 1. The molecule has 0 saturated carbocycles. The molecule has 3 atom stereocenters. The third-order valence-corrected chi connectivity index (χ3v) is 16.8. The summed E-state index contributed by atoms with van der Waals surface area (Å²) in [6, 6.07) is -0.882. The van der Waals surface area contributed by atoms with Gasteiger partial charge in [0.25, 0.3) is 0 Å². The molecule has 0 fully saturated rings. The molecule has 0 heterocycles. The van der Waals surface area contributed by atoms with Crippen molar-refractivity contribution in [3.8, 4) is 0 Å². The fraction of sp³-hybridized carbons (Fsp3) is 0.709. The first-order chi connectivity index (χ1) is 43.0. The summed E-state index contributed by atoms with van der Waals surface area (Å²) in [6.07, 6.45) is 103. The Balaban J connectivity index is 4.15. The first-order valence-electron chi connectivity index (χ1n) is 36.6. The number of carbonyl (C=O) groups is 1. The number of hydrogen-bond acceptors (Lipinski definition) is 5. The zero-order chi connectivity index (χ0) is 64.1. The molecule has 0 radical (unpaired) electrons. The molecule has 8 nitrogen and oxygen atoms in total. The summed E-state index contributed by atoms with van der Waals surface area (Å²) in [5.41, 5.74) is 0. The number of unbranched alkanes of at least 4 members (excludes halogenated alkanes) is 33. The molecule has 9 heteroatoms. The van der Waals surface area contributed by atoms with Gasteiger partial charge in [0.15, 0.2) is 0 Å². The Kier molecular flexibility index (Phi) is 65.4. The van der Waals surface area contributed by atoms with Crippen LogP contribution in [-0.2, 0) is 18.4 Å². The predicted octanol–water partition coefficient (Wildman–Crippen LogP) is 23.8. The number of phosphoric acid groups is 1. The maximum Gasteiger partial charge on any atom is 0.472 e. The molecule has 506 valence electrons. The summed E-state index contributed by atoms with van der Waals surface area (Å²) in [5, 5.41) is 14.0. The molecule has 0 saturated heterocycles. The fourth-order valence-corrected chi connectivity index (χ4v) is 10.9. The van der Waals surface area contributed by atoms with Crippen molar-refractivity contribution in [3.63, 3.8) is 0 Å². The van der Waals surface area contributed by atoms with Crippen LogP contribution in [0.5, 0.6) is 0 Å². The van der Waals surface area contributed by atoms with Crippen molar-refractivity contribution in [2.75, 3.05) is 40.9 Å². The van der Waals surface area contributed by atoms with Gasteiger partial charge in [-0.25, -0.2) is 4.57 Å². The summed E-state index contributed by atoms with van der Waals surface area (Å²) < 4.78 is 23.8. The van der Waals surface area contributed by atoms with Crippen LogP contribution in [0.1, 0.15) is 309 Å². The van der Waals surface area contributed by atoms with Crippen LogP contribution in [-0.4, -0.2) is 73.4 Å². The van der Waals surface area contributed by atoms with Crippen molar-refractivity contribution in [3.05, 3.63) is 134 Å². The average molecular weight is 1240 g/mol. The van der Waals surface area contributed by atoms with E-state index in [1.54, 1.807) is 6.08 Å². The maximum absolute atomic E-state index is 13.1. The van der Waals surface area contributed by atoms with Gasteiger partial charge in [-0.3, -0.25) is 13.8 Å². The Morgan fingerprint density at radius 1 is 0.398 bits per heavy atom. The Hall–Kier alpha value is -3.36. The lowest BCUT2D eigenvalue weighted by atomic mass is 10.0. The lowest BCUT2D eigenvalue weighted by molar-refractivity contribution is -0.870. The van der Waals surface area contributed by atoms with Crippen LogP contribution in [0.2, 0.25) is 0 Å². The van der Waals surface area contributed by atoms with E-state index in [2.05, 4.69) is 141 Å². The number of allylic oxidation sites excluding steroid dienone is 21. The molecule has 0 aliphatic carbocycles. The van der Waals surface area contributed by atoms with E-state index in [1.807, 2.05) is 27.2 Å². The maximum atomic E-state index is 13.1. The first kappa shape index (κ1) is 84.6. The summed E-state index contributed by atoms with van der Waals surface area (Å²) in [7, 11) is 1.54. The van der Waals surface area contributed by atoms with Gasteiger partial charge in [-0.15, -0.1) is 0 Å². The van der Waals surface area contributed by atoms with Crippen molar-refractivity contribution in [1.29, 1.82) is 0 Å². The largest absolute Gasteiger partial charge is 0.472 e. The number of amides is 1. The van der Waals surface area contributed by atoms with Gasteiger partial charge in [-0.1, -0.05) is 327 Å². The van der Waals surface area contributed by atoms with E-state index in [9.17, 15) is 19.4 Å². The zero-order valence-corrected chi connectivity index (χ0v) is 58.8. The number of rotatable bonds is 66. The standard InChI is InChI=1S/C79H139N2O6P/c1-6-8-10-12-14-16-18-20-22-24-26-28-30-32-34-36-37-38-39-40-41-42-43-45-47-49-51-53-55-57-59-61-63-65-67-69-71-73-79(83)80-77(76-87-88(84,85)86-75-74-81(3,4)5)78(82)72-70-68-66-64-62-60-58-56-54-52-50-48-46-44-35-33-31-29-27-25-23-21-19-17-15-13-11-9-7-2/h8,10,14,16,20,22,26,28,32,34,37-38,40-41,43,45,54,56,62,64,70,72,77-78,82H,6-7,9,11-13,15,17-19,21,23-25,27,29-31,33,35-36,39,42,44,46-53,55,57-61,63,65-69,71,73-76H2,1-5H3,(H-,80,83,84,85)/p+1/b10-8-,16-14-,22-20-,28-26-,34-32-,38-37-,41-40-,45-43-,56-54+,64-62+,72-70+. The molecule has 0 aromatic carbocycles. The van der Waals surface area contributed by atoms with Crippen molar-refractivity contribution >= 4 is 13.7 Å². The van der Waals surface area contributed by atoms with Gasteiger partial charge in [-0.2, -0.15) is 0 Å². The van der Waals surface area contributed by atoms with Gasteiger partial charge in [0.05, 0.1) is 39.9 Å². The smallest absolute Gasteiger partial charge is 0.387 e. The van der Waals surface area contributed by atoms with Gasteiger partial charge in [0.2, 0.25) is 5.91 Å². The highest BCUT2D eigenvalue weighted by molar-refractivity contribution is 7.47. The van der Waals surface area contributed by atoms with Crippen molar-refractivity contribution < 1.29 is 32.9 Å². The van der Waals surface area contributed by atoms with Crippen LogP contribution < -0.4 is 5.32 Å². The zero-order valence-electron chi connectivity index (χ0n) is 57.9. The summed E-state index contributed by atoms with van der Waals surface area (Å²) >= 11 is 0. The lowest BCUT2D eigenvalue weighted by Gasteiger charge is -2.25. The summed E-state index contributed by atoms with van der Waals surface area (Å²) in [4.78, 5) is 23.4. The Morgan fingerprint density at radius 3 is 1.05 bits per heavy atom. The number of nitrogens with one attached hydrogen (secondary N) is 1. The molecule has 0 aromatic heterocycles. The van der Waals surface area contributed by atoms with Gasteiger partial charge < -0.3 is 19.8 Å². The van der Waals surface area contributed by atoms with Crippen LogP contribution >= 0.6 is 7.82 Å². The van der Waals surface area contributed by atoms with E-state index in [1.165, 1.54) is 193 Å². The van der Waals surface area contributed by atoms with Crippen LogP contribution in [0.25, 0.3) is 0 Å². The predicted molar refractivity (Wildman–Crippen MR) is 387 cm³/mol. The molecule has 0 spiro atoms. The van der Waals surface area contributed by atoms with Crippen molar-refractivity contribution in [2.45, 2.75) is 321 Å². The second-order valence-corrected chi connectivity index (χ2v) is 27.0. The quantitative estimate of drug-likeness (QED) is 0.0243. The van der Waals surface area contributed by atoms with Crippen molar-refractivity contribution in [2.24, 2.45) is 0 Å². The van der Waals surface area contributed by atoms with E-state index in [0.29, 0.717) is 17.4 Å². The third kappa shape index (κ3) is 70.1. The van der Waals surface area contributed by atoms with Crippen LogP contribution in [0.4, 0.5) is 0 Å². The monoisotopic (exact) mass is 1240 g/mol.